The van der Waals surface area contributed by atoms with Gasteiger partial charge in [-0.3, -0.25) is 0 Å². The van der Waals surface area contributed by atoms with Crippen LogP contribution in [-0.2, 0) is 0 Å². The van der Waals surface area contributed by atoms with Crippen LogP contribution >= 0.6 is 0 Å². The third-order valence-corrected chi connectivity index (χ3v) is 3.17. The van der Waals surface area contributed by atoms with Gasteiger partial charge in [0.05, 0.1) is 12.5 Å². The van der Waals surface area contributed by atoms with Crippen LogP contribution in [0.1, 0.15) is 41.6 Å². The van der Waals surface area contributed by atoms with E-state index in [1.807, 2.05) is 24.3 Å². The Morgan fingerprint density at radius 1 is 1.19 bits per heavy atom. The molecule has 0 aliphatic heterocycles. The zero-order chi connectivity index (χ0) is 11.0. The minimum Gasteiger partial charge on any atom is -0.472 e. The van der Waals surface area contributed by atoms with Crippen molar-refractivity contribution in [1.29, 1.82) is 0 Å². The van der Waals surface area contributed by atoms with Crippen molar-refractivity contribution >= 4 is 0 Å². The molecule has 2 heteroatoms. The van der Waals surface area contributed by atoms with Gasteiger partial charge < -0.3 is 9.52 Å². The predicted molar refractivity (Wildman–Crippen MR) is 61.2 cm³/mol. The number of rotatable bonds is 3. The molecule has 0 bridgehead atoms. The average Bonchev–Trinajstić information content (AvgIpc) is 3.03. The Hall–Kier alpha value is -1.54. The third kappa shape index (κ3) is 1.65. The molecule has 1 fully saturated rings. The highest BCUT2D eigenvalue weighted by Gasteiger charge is 2.28. The number of hydrogen-bond donors (Lipinski definition) is 1. The number of aliphatic hydroxyl groups excluding tert-OH is 1. The SMILES string of the molecule is OC(c1ccoc1)c1ccccc1C1CC1. The molecule has 1 aromatic heterocycles. The molecule has 3 rings (SSSR count). The maximum atomic E-state index is 10.3. The van der Waals surface area contributed by atoms with Gasteiger partial charge in [0.1, 0.15) is 6.10 Å². The van der Waals surface area contributed by atoms with Gasteiger partial charge in [-0.05, 0) is 36.0 Å². The highest BCUT2D eigenvalue weighted by molar-refractivity contribution is 5.38. The first-order chi connectivity index (χ1) is 7.86. The largest absolute Gasteiger partial charge is 0.472 e. The molecule has 1 heterocycles. The van der Waals surface area contributed by atoms with Gasteiger partial charge in [-0.2, -0.15) is 0 Å². The van der Waals surface area contributed by atoms with Crippen LogP contribution in [0, 0.1) is 0 Å². The fourth-order valence-corrected chi connectivity index (χ4v) is 2.14. The van der Waals surface area contributed by atoms with Crippen LogP contribution in [0.15, 0.2) is 47.3 Å². The third-order valence-electron chi connectivity index (χ3n) is 3.17. The smallest absolute Gasteiger partial charge is 0.107 e. The zero-order valence-corrected chi connectivity index (χ0v) is 8.97. The first-order valence-electron chi connectivity index (χ1n) is 5.65. The van der Waals surface area contributed by atoms with E-state index in [4.69, 9.17) is 4.42 Å². The first kappa shape index (κ1) is 9.67. The second-order valence-corrected chi connectivity index (χ2v) is 4.36. The van der Waals surface area contributed by atoms with Gasteiger partial charge in [0.2, 0.25) is 0 Å². The molecular weight excluding hydrogens is 200 g/mol. The molecular formula is C14H14O2. The summed E-state index contributed by atoms with van der Waals surface area (Å²) in [5.74, 6) is 0.651. The van der Waals surface area contributed by atoms with E-state index in [-0.39, 0.29) is 0 Å². The normalized spacial score (nSPS) is 17.3. The summed E-state index contributed by atoms with van der Waals surface area (Å²) in [6.07, 6.45) is 5.13. The van der Waals surface area contributed by atoms with Gasteiger partial charge in [0.15, 0.2) is 0 Å². The summed E-state index contributed by atoms with van der Waals surface area (Å²) < 4.78 is 5.01. The molecule has 0 radical (unpaired) electrons. The lowest BCUT2D eigenvalue weighted by molar-refractivity contribution is 0.218. The lowest BCUT2D eigenvalue weighted by Gasteiger charge is -2.13. The van der Waals surface area contributed by atoms with Crippen molar-refractivity contribution in [3.63, 3.8) is 0 Å². The van der Waals surface area contributed by atoms with E-state index in [0.717, 1.165) is 11.1 Å². The Morgan fingerprint density at radius 3 is 2.69 bits per heavy atom. The molecule has 0 saturated heterocycles. The molecule has 16 heavy (non-hydrogen) atoms. The predicted octanol–water partition coefficient (Wildman–Crippen LogP) is 3.24. The van der Waals surface area contributed by atoms with Crippen LogP contribution in [0.2, 0.25) is 0 Å². The van der Waals surface area contributed by atoms with Crippen LogP contribution in [0.4, 0.5) is 0 Å². The van der Waals surface area contributed by atoms with E-state index in [1.165, 1.54) is 18.4 Å². The van der Waals surface area contributed by atoms with Gasteiger partial charge in [0, 0.05) is 5.56 Å². The van der Waals surface area contributed by atoms with Crippen molar-refractivity contribution < 1.29 is 9.52 Å². The summed E-state index contributed by atoms with van der Waals surface area (Å²) in [5, 5.41) is 10.3. The van der Waals surface area contributed by atoms with Crippen molar-refractivity contribution in [2.45, 2.75) is 24.9 Å². The second-order valence-electron chi connectivity index (χ2n) is 4.36. The summed E-state index contributed by atoms with van der Waals surface area (Å²) in [6, 6.07) is 9.96. The molecule has 82 valence electrons. The highest BCUT2D eigenvalue weighted by atomic mass is 16.3. The Labute approximate surface area is 94.5 Å². The van der Waals surface area contributed by atoms with Gasteiger partial charge in [-0.25, -0.2) is 0 Å². The molecule has 1 aliphatic rings. The van der Waals surface area contributed by atoms with Crippen molar-refractivity contribution in [1.82, 2.24) is 0 Å². The van der Waals surface area contributed by atoms with Gasteiger partial charge >= 0.3 is 0 Å². The van der Waals surface area contributed by atoms with Crippen LogP contribution in [-0.4, -0.2) is 5.11 Å². The summed E-state index contributed by atoms with van der Waals surface area (Å²) in [7, 11) is 0. The van der Waals surface area contributed by atoms with Crippen molar-refractivity contribution in [2.75, 3.05) is 0 Å². The van der Waals surface area contributed by atoms with E-state index in [2.05, 4.69) is 6.07 Å². The van der Waals surface area contributed by atoms with Crippen LogP contribution in [0.3, 0.4) is 0 Å². The molecule has 0 amide bonds. The van der Waals surface area contributed by atoms with Crippen molar-refractivity contribution in [3.8, 4) is 0 Å². The number of furan rings is 1. The standard InChI is InChI=1S/C14H14O2/c15-14(11-7-8-16-9-11)13-4-2-1-3-12(13)10-5-6-10/h1-4,7-10,14-15H,5-6H2. The molecule has 1 saturated carbocycles. The summed E-state index contributed by atoms with van der Waals surface area (Å²) in [6.45, 7) is 0. The Kier molecular flexibility index (Phi) is 2.29. The monoisotopic (exact) mass is 214 g/mol. The summed E-state index contributed by atoms with van der Waals surface area (Å²) >= 11 is 0. The fraction of sp³-hybridized carbons (Fsp3) is 0.286. The van der Waals surface area contributed by atoms with Crippen LogP contribution in [0.25, 0.3) is 0 Å². The van der Waals surface area contributed by atoms with E-state index in [1.54, 1.807) is 12.5 Å². The van der Waals surface area contributed by atoms with E-state index >= 15 is 0 Å². The molecule has 0 spiro atoms. The zero-order valence-electron chi connectivity index (χ0n) is 8.97. The lowest BCUT2D eigenvalue weighted by atomic mass is 9.96. The highest BCUT2D eigenvalue weighted by Crippen LogP contribution is 2.43. The average molecular weight is 214 g/mol. The Balaban J connectivity index is 1.99. The Bertz CT molecular complexity index is 469. The van der Waals surface area contributed by atoms with E-state index in [9.17, 15) is 5.11 Å². The van der Waals surface area contributed by atoms with E-state index < -0.39 is 6.10 Å². The fourth-order valence-electron chi connectivity index (χ4n) is 2.14. The molecule has 1 aliphatic carbocycles. The summed E-state index contributed by atoms with van der Waals surface area (Å²) in [4.78, 5) is 0. The van der Waals surface area contributed by atoms with Gasteiger partial charge in [-0.1, -0.05) is 24.3 Å². The van der Waals surface area contributed by atoms with Crippen LogP contribution in [0.5, 0.6) is 0 Å². The van der Waals surface area contributed by atoms with Crippen molar-refractivity contribution in [2.24, 2.45) is 0 Å². The number of aliphatic hydroxyl groups is 1. The lowest BCUT2D eigenvalue weighted by Crippen LogP contribution is -2.01. The molecule has 1 aromatic carbocycles. The minimum absolute atomic E-state index is 0.560. The van der Waals surface area contributed by atoms with Crippen molar-refractivity contribution in [3.05, 3.63) is 59.5 Å². The summed E-state index contributed by atoms with van der Waals surface area (Å²) in [5.41, 5.74) is 3.13. The molecule has 1 unspecified atom stereocenters. The maximum Gasteiger partial charge on any atom is 0.107 e. The minimum atomic E-state index is -0.560. The first-order valence-corrected chi connectivity index (χ1v) is 5.65. The maximum absolute atomic E-state index is 10.3. The molecule has 2 aromatic rings. The Morgan fingerprint density at radius 2 is 2.00 bits per heavy atom. The van der Waals surface area contributed by atoms with E-state index in [0.29, 0.717) is 5.92 Å². The quantitative estimate of drug-likeness (QED) is 0.850. The van der Waals surface area contributed by atoms with Crippen LogP contribution < -0.4 is 0 Å². The molecule has 1 N–H and O–H groups in total. The second kappa shape index (κ2) is 3.80. The topological polar surface area (TPSA) is 33.4 Å². The van der Waals surface area contributed by atoms with Gasteiger partial charge in [0.25, 0.3) is 0 Å². The molecule has 1 atom stereocenters. The van der Waals surface area contributed by atoms with Gasteiger partial charge in [-0.15, -0.1) is 0 Å². The number of hydrogen-bond acceptors (Lipinski definition) is 2. The molecule has 2 nitrogen and oxygen atoms in total. The number of benzene rings is 1.